The molecule has 4 rings (SSSR count). The highest BCUT2D eigenvalue weighted by atomic mass is 32.2. The zero-order valence-corrected chi connectivity index (χ0v) is 19.5. The van der Waals surface area contributed by atoms with E-state index >= 15 is 0 Å². The summed E-state index contributed by atoms with van der Waals surface area (Å²) in [5.41, 5.74) is 0.644. The molecule has 4 fully saturated rings. The first-order valence-corrected chi connectivity index (χ1v) is 12.8. The van der Waals surface area contributed by atoms with Gasteiger partial charge in [0.05, 0.1) is 5.71 Å². The largest absolute Gasteiger partial charge is 0.471 e. The molecule has 0 aromatic rings. The number of amides is 1. The summed E-state index contributed by atoms with van der Waals surface area (Å²) >= 11 is 1.60. The maximum absolute atomic E-state index is 12.6. The van der Waals surface area contributed by atoms with Gasteiger partial charge in [-0.2, -0.15) is 24.9 Å². The first-order chi connectivity index (χ1) is 15.0. The predicted octanol–water partition coefficient (Wildman–Crippen LogP) is 4.82. The molecule has 2 N–H and O–H groups in total. The molecule has 5 nitrogen and oxygen atoms in total. The zero-order chi connectivity index (χ0) is 23.3. The van der Waals surface area contributed by atoms with E-state index in [-0.39, 0.29) is 28.5 Å². The van der Waals surface area contributed by atoms with Gasteiger partial charge < -0.3 is 10.5 Å². The molecule has 4 aliphatic rings. The first-order valence-electron chi connectivity index (χ1n) is 11.7. The fraction of sp³-hybridized carbons (Fsp3) is 0.870. The molecule has 0 radical (unpaired) electrons. The number of hydrogen-bond donors (Lipinski definition) is 2. The van der Waals surface area contributed by atoms with Gasteiger partial charge in [0, 0.05) is 35.3 Å². The lowest BCUT2D eigenvalue weighted by molar-refractivity contribution is -0.173. The van der Waals surface area contributed by atoms with Crippen LogP contribution in [-0.2, 0) is 9.59 Å². The van der Waals surface area contributed by atoms with Crippen LogP contribution >= 0.6 is 11.8 Å². The summed E-state index contributed by atoms with van der Waals surface area (Å²) in [6.45, 7) is 4.45. The molecule has 4 aliphatic carbocycles. The standard InChI is InChI=1S/C23H33F3N2O3S/c1-21-7-5-13(32-10-9-27-20(30)23(24,25)26)11-17(21)18(28-31)12-14-15-3-4-19(29)22(15,2)8-6-16(14)21/h13-17,31H,3-12H2,1-2H3,(H,27,30)/b28-18-/t13?,14-,15-,16-,17+,21+,22-/m0/s1. The smallest absolute Gasteiger partial charge is 0.411 e. The number of hydrogen-bond acceptors (Lipinski definition) is 5. The maximum Gasteiger partial charge on any atom is 0.471 e. The van der Waals surface area contributed by atoms with Crippen molar-refractivity contribution in [3.8, 4) is 0 Å². The Morgan fingerprint density at radius 2 is 1.97 bits per heavy atom. The lowest BCUT2D eigenvalue weighted by Crippen LogP contribution is -2.57. The number of thioether (sulfide) groups is 1. The molecule has 1 unspecified atom stereocenters. The molecular weight excluding hydrogens is 441 g/mol. The predicted molar refractivity (Wildman–Crippen MR) is 117 cm³/mol. The number of ketones is 1. The van der Waals surface area contributed by atoms with Gasteiger partial charge >= 0.3 is 12.1 Å². The lowest BCUT2D eigenvalue weighted by atomic mass is 9.45. The summed E-state index contributed by atoms with van der Waals surface area (Å²) in [5.74, 6) is 0.355. The number of oxime groups is 1. The van der Waals surface area contributed by atoms with Crippen LogP contribution in [0.25, 0.3) is 0 Å². The van der Waals surface area contributed by atoms with Crippen molar-refractivity contribution in [2.45, 2.75) is 76.6 Å². The summed E-state index contributed by atoms with van der Waals surface area (Å²) in [6, 6.07) is 0. The van der Waals surface area contributed by atoms with Crippen LogP contribution in [0.2, 0.25) is 0 Å². The molecule has 0 saturated heterocycles. The van der Waals surface area contributed by atoms with E-state index in [1.54, 1.807) is 11.8 Å². The molecule has 9 heteroatoms. The summed E-state index contributed by atoms with van der Waals surface area (Å²) in [7, 11) is 0. The first kappa shape index (κ1) is 23.9. The van der Waals surface area contributed by atoms with Gasteiger partial charge in [0.2, 0.25) is 0 Å². The Morgan fingerprint density at radius 1 is 1.22 bits per heavy atom. The van der Waals surface area contributed by atoms with Crippen molar-refractivity contribution in [3.63, 3.8) is 0 Å². The number of alkyl halides is 3. The monoisotopic (exact) mass is 474 g/mol. The van der Waals surface area contributed by atoms with E-state index in [2.05, 4.69) is 19.0 Å². The van der Waals surface area contributed by atoms with Gasteiger partial charge in [-0.05, 0) is 68.1 Å². The normalized spacial score (nSPS) is 42.8. The quantitative estimate of drug-likeness (QED) is 0.348. The Morgan fingerprint density at radius 3 is 2.66 bits per heavy atom. The van der Waals surface area contributed by atoms with E-state index in [4.69, 9.17) is 0 Å². The van der Waals surface area contributed by atoms with Crippen molar-refractivity contribution < 1.29 is 28.0 Å². The summed E-state index contributed by atoms with van der Waals surface area (Å²) in [4.78, 5) is 23.6. The average Bonchev–Trinajstić information content (AvgIpc) is 3.04. The second-order valence-electron chi connectivity index (χ2n) is 10.7. The minimum atomic E-state index is -4.84. The SMILES string of the molecule is C[C@]12CCC(SCCNC(=O)C(F)(F)F)C[C@@H]1/C(=N\O)C[C@@H]1[C@@H]2CC[C@]2(C)C(=O)CC[C@@H]12. The summed E-state index contributed by atoms with van der Waals surface area (Å²) in [6.07, 6.45) is 2.29. The van der Waals surface area contributed by atoms with Crippen LogP contribution in [0.15, 0.2) is 5.16 Å². The zero-order valence-electron chi connectivity index (χ0n) is 18.7. The highest BCUT2D eigenvalue weighted by Gasteiger charge is 2.61. The van der Waals surface area contributed by atoms with Crippen LogP contribution in [0.3, 0.4) is 0 Å². The fourth-order valence-electron chi connectivity index (χ4n) is 7.55. The third-order valence-electron chi connectivity index (χ3n) is 9.27. The van der Waals surface area contributed by atoms with E-state index in [0.29, 0.717) is 35.7 Å². The third-order valence-corrected chi connectivity index (χ3v) is 10.6. The van der Waals surface area contributed by atoms with Crippen molar-refractivity contribution >= 4 is 29.2 Å². The number of nitrogens with zero attached hydrogens (tertiary/aromatic N) is 1. The van der Waals surface area contributed by atoms with Crippen molar-refractivity contribution in [3.05, 3.63) is 0 Å². The molecule has 1 amide bonds. The molecule has 0 spiro atoms. The Balaban J connectivity index is 1.41. The van der Waals surface area contributed by atoms with Crippen LogP contribution in [0.4, 0.5) is 13.2 Å². The van der Waals surface area contributed by atoms with E-state index in [9.17, 15) is 28.0 Å². The minimum absolute atomic E-state index is 0.0125. The lowest BCUT2D eigenvalue weighted by Gasteiger charge is -2.60. The second-order valence-corrected chi connectivity index (χ2v) is 12.1. The number of carbonyl (C=O) groups excluding carboxylic acids is 2. The molecule has 0 aromatic carbocycles. The van der Waals surface area contributed by atoms with E-state index < -0.39 is 12.1 Å². The fourth-order valence-corrected chi connectivity index (χ4v) is 8.72. The topological polar surface area (TPSA) is 78.8 Å². The van der Waals surface area contributed by atoms with Gasteiger partial charge in [-0.25, -0.2) is 0 Å². The molecule has 0 aromatic heterocycles. The van der Waals surface area contributed by atoms with Crippen molar-refractivity contribution in [2.75, 3.05) is 12.3 Å². The molecule has 0 heterocycles. The van der Waals surface area contributed by atoms with Gasteiger partial charge in [-0.15, -0.1) is 0 Å². The Kier molecular flexibility index (Phi) is 6.36. The summed E-state index contributed by atoms with van der Waals surface area (Å²) in [5, 5.41) is 15.8. The number of nitrogens with one attached hydrogen (secondary N) is 1. The Labute approximate surface area is 191 Å². The van der Waals surface area contributed by atoms with Crippen LogP contribution in [-0.4, -0.2) is 46.3 Å². The van der Waals surface area contributed by atoms with E-state index in [0.717, 1.165) is 50.7 Å². The molecule has 0 bridgehead atoms. The molecular formula is C23H33F3N2O3S. The second kappa shape index (κ2) is 8.51. The van der Waals surface area contributed by atoms with E-state index in [1.807, 2.05) is 5.32 Å². The van der Waals surface area contributed by atoms with Gasteiger partial charge in [0.15, 0.2) is 0 Å². The van der Waals surface area contributed by atoms with Crippen molar-refractivity contribution in [2.24, 2.45) is 39.7 Å². The van der Waals surface area contributed by atoms with Crippen molar-refractivity contribution in [1.29, 1.82) is 0 Å². The van der Waals surface area contributed by atoms with E-state index in [1.165, 1.54) is 0 Å². The Hall–Kier alpha value is -1.25. The van der Waals surface area contributed by atoms with Crippen LogP contribution < -0.4 is 5.32 Å². The van der Waals surface area contributed by atoms with Crippen molar-refractivity contribution in [1.82, 2.24) is 5.32 Å². The maximum atomic E-state index is 12.6. The van der Waals surface area contributed by atoms with Gasteiger partial charge in [-0.1, -0.05) is 19.0 Å². The number of carbonyl (C=O) groups is 2. The van der Waals surface area contributed by atoms with Crippen LogP contribution in [0, 0.1) is 34.5 Å². The number of Topliss-reactive ketones (excluding diaryl/α,β-unsaturated/α-hetero) is 1. The van der Waals surface area contributed by atoms with Gasteiger partial charge in [0.25, 0.3) is 0 Å². The number of rotatable bonds is 4. The van der Waals surface area contributed by atoms with Crippen LogP contribution in [0.1, 0.15) is 65.2 Å². The Bertz CT molecular complexity index is 804. The number of halogens is 3. The van der Waals surface area contributed by atoms with Gasteiger partial charge in [-0.3, -0.25) is 9.59 Å². The minimum Gasteiger partial charge on any atom is -0.411 e. The molecule has 180 valence electrons. The average molecular weight is 475 g/mol. The molecule has 0 aliphatic heterocycles. The van der Waals surface area contributed by atoms with Gasteiger partial charge in [0.1, 0.15) is 5.78 Å². The highest BCUT2D eigenvalue weighted by molar-refractivity contribution is 7.99. The third kappa shape index (κ3) is 3.96. The number of fused-ring (bicyclic) bond motifs is 5. The van der Waals surface area contributed by atoms with Crippen LogP contribution in [0.5, 0.6) is 0 Å². The molecule has 32 heavy (non-hydrogen) atoms. The highest BCUT2D eigenvalue weighted by Crippen LogP contribution is 2.65. The molecule has 4 saturated carbocycles. The summed E-state index contributed by atoms with van der Waals surface area (Å²) < 4.78 is 37.0. The molecule has 7 atom stereocenters.